The zero-order valence-corrected chi connectivity index (χ0v) is 15.3. The molecular weight excluding hydrogens is 378 g/mol. The molecule has 0 saturated heterocycles. The van der Waals surface area contributed by atoms with Crippen LogP contribution in [0.5, 0.6) is 0 Å². The van der Waals surface area contributed by atoms with Gasteiger partial charge in [-0.1, -0.05) is 52.3 Å². The molecule has 126 valence electrons. The molecule has 0 aliphatic rings. The number of hydrogen-bond donors (Lipinski definition) is 2. The molecule has 0 bridgehead atoms. The molecule has 3 aromatic rings. The lowest BCUT2D eigenvalue weighted by atomic mass is 10.1. The number of anilines is 2. The molecule has 4 nitrogen and oxygen atoms in total. The zero-order valence-electron chi connectivity index (χ0n) is 13.7. The highest BCUT2D eigenvalue weighted by Gasteiger charge is 2.10. The van der Waals surface area contributed by atoms with E-state index in [2.05, 4.69) is 50.6 Å². The van der Waals surface area contributed by atoms with E-state index in [0.29, 0.717) is 5.69 Å². The summed E-state index contributed by atoms with van der Waals surface area (Å²) in [4.78, 5) is 16.6. The lowest BCUT2D eigenvalue weighted by Crippen LogP contribution is -2.14. The van der Waals surface area contributed by atoms with E-state index >= 15 is 0 Å². The number of halogens is 1. The highest BCUT2D eigenvalue weighted by Crippen LogP contribution is 2.20. The van der Waals surface area contributed by atoms with Gasteiger partial charge in [-0.3, -0.25) is 9.78 Å². The quantitative estimate of drug-likeness (QED) is 0.618. The fourth-order valence-corrected chi connectivity index (χ4v) is 2.88. The van der Waals surface area contributed by atoms with Crippen LogP contribution in [0, 0.1) is 0 Å². The normalized spacial score (nSPS) is 11.6. The smallest absolute Gasteiger partial charge is 0.274 e. The summed E-state index contributed by atoms with van der Waals surface area (Å²) >= 11 is 3.39. The predicted molar refractivity (Wildman–Crippen MR) is 105 cm³/mol. The van der Waals surface area contributed by atoms with Gasteiger partial charge in [0.05, 0.1) is 0 Å². The van der Waals surface area contributed by atoms with E-state index in [4.69, 9.17) is 0 Å². The van der Waals surface area contributed by atoms with Crippen molar-refractivity contribution in [3.63, 3.8) is 0 Å². The van der Waals surface area contributed by atoms with Crippen molar-refractivity contribution in [2.24, 2.45) is 0 Å². The lowest BCUT2D eigenvalue weighted by molar-refractivity contribution is 0.102. The highest BCUT2D eigenvalue weighted by atomic mass is 79.9. The van der Waals surface area contributed by atoms with E-state index < -0.39 is 0 Å². The SMILES string of the molecule is CC(Nc1ccnc(C(=O)Nc2cccc(Br)c2)c1)c1ccccc1. The van der Waals surface area contributed by atoms with Crippen molar-refractivity contribution in [2.45, 2.75) is 13.0 Å². The van der Waals surface area contributed by atoms with Crippen LogP contribution in [0.15, 0.2) is 77.4 Å². The number of nitrogens with zero attached hydrogens (tertiary/aromatic N) is 1. The first kappa shape index (κ1) is 17.2. The molecule has 0 spiro atoms. The molecule has 2 N–H and O–H groups in total. The monoisotopic (exact) mass is 395 g/mol. The van der Waals surface area contributed by atoms with Crippen LogP contribution in [0.25, 0.3) is 0 Å². The van der Waals surface area contributed by atoms with E-state index in [1.54, 1.807) is 12.3 Å². The number of amides is 1. The maximum absolute atomic E-state index is 12.4. The first-order chi connectivity index (χ1) is 12.1. The molecular formula is C20H18BrN3O. The van der Waals surface area contributed by atoms with Gasteiger partial charge in [0.25, 0.3) is 5.91 Å². The second-order valence-electron chi connectivity index (χ2n) is 5.67. The van der Waals surface area contributed by atoms with Gasteiger partial charge in [0.2, 0.25) is 0 Å². The van der Waals surface area contributed by atoms with Crippen LogP contribution in [0.1, 0.15) is 29.0 Å². The van der Waals surface area contributed by atoms with Crippen molar-refractivity contribution in [1.29, 1.82) is 0 Å². The number of rotatable bonds is 5. The Kier molecular flexibility index (Phi) is 5.46. The third-order valence-electron chi connectivity index (χ3n) is 3.76. The fraction of sp³-hybridized carbons (Fsp3) is 0.100. The molecule has 1 heterocycles. The standard InChI is InChI=1S/C20H18BrN3O/c1-14(15-6-3-2-4-7-15)23-18-10-11-22-19(13-18)20(25)24-17-9-5-8-16(21)12-17/h2-14H,1H3,(H,22,23)(H,24,25). The summed E-state index contributed by atoms with van der Waals surface area (Å²) in [6, 6.07) is 21.3. The Hall–Kier alpha value is -2.66. The van der Waals surface area contributed by atoms with Gasteiger partial charge in [-0.05, 0) is 42.8 Å². The van der Waals surface area contributed by atoms with Gasteiger partial charge in [0.15, 0.2) is 0 Å². The van der Waals surface area contributed by atoms with Crippen LogP contribution in [0.4, 0.5) is 11.4 Å². The second-order valence-corrected chi connectivity index (χ2v) is 6.59. The number of pyridine rings is 1. The van der Waals surface area contributed by atoms with E-state index in [1.807, 2.05) is 48.5 Å². The second kappa shape index (κ2) is 7.94. The number of benzene rings is 2. The summed E-state index contributed by atoms with van der Waals surface area (Å²) in [7, 11) is 0. The number of aromatic nitrogens is 1. The molecule has 0 aliphatic carbocycles. The van der Waals surface area contributed by atoms with E-state index in [1.165, 1.54) is 5.56 Å². The number of hydrogen-bond acceptors (Lipinski definition) is 3. The van der Waals surface area contributed by atoms with Crippen molar-refractivity contribution in [3.05, 3.63) is 88.7 Å². The number of nitrogens with one attached hydrogen (secondary N) is 2. The maximum Gasteiger partial charge on any atom is 0.274 e. The Labute approximate surface area is 155 Å². The fourth-order valence-electron chi connectivity index (χ4n) is 2.48. The minimum atomic E-state index is -0.242. The van der Waals surface area contributed by atoms with Gasteiger partial charge in [0, 0.05) is 28.1 Å². The maximum atomic E-state index is 12.4. The average molecular weight is 396 g/mol. The average Bonchev–Trinajstić information content (AvgIpc) is 2.62. The number of carbonyl (C=O) groups excluding carboxylic acids is 1. The molecule has 1 amide bonds. The Bertz CT molecular complexity index is 868. The largest absolute Gasteiger partial charge is 0.378 e. The molecule has 5 heteroatoms. The molecule has 1 aromatic heterocycles. The first-order valence-electron chi connectivity index (χ1n) is 7.96. The summed E-state index contributed by atoms with van der Waals surface area (Å²) < 4.78 is 0.908. The van der Waals surface area contributed by atoms with Crippen LogP contribution < -0.4 is 10.6 Å². The third kappa shape index (κ3) is 4.67. The molecule has 0 saturated carbocycles. The van der Waals surface area contributed by atoms with Crippen LogP contribution in [-0.4, -0.2) is 10.9 Å². The Morgan fingerprint density at radius 2 is 1.80 bits per heavy atom. The minimum absolute atomic E-state index is 0.129. The summed E-state index contributed by atoms with van der Waals surface area (Å²) in [6.45, 7) is 2.08. The zero-order chi connectivity index (χ0) is 17.6. The molecule has 1 atom stereocenters. The molecule has 1 unspecified atom stereocenters. The summed E-state index contributed by atoms with van der Waals surface area (Å²) in [5.74, 6) is -0.242. The predicted octanol–water partition coefficient (Wildman–Crippen LogP) is 5.27. The molecule has 0 radical (unpaired) electrons. The van der Waals surface area contributed by atoms with Crippen molar-refractivity contribution in [1.82, 2.24) is 4.98 Å². The van der Waals surface area contributed by atoms with Crippen LogP contribution in [0.3, 0.4) is 0 Å². The van der Waals surface area contributed by atoms with Gasteiger partial charge < -0.3 is 10.6 Å². The third-order valence-corrected chi connectivity index (χ3v) is 4.25. The van der Waals surface area contributed by atoms with Crippen LogP contribution in [-0.2, 0) is 0 Å². The van der Waals surface area contributed by atoms with E-state index in [-0.39, 0.29) is 11.9 Å². The highest BCUT2D eigenvalue weighted by molar-refractivity contribution is 9.10. The van der Waals surface area contributed by atoms with Crippen molar-refractivity contribution in [3.8, 4) is 0 Å². The summed E-state index contributed by atoms with van der Waals surface area (Å²) in [5, 5.41) is 6.25. The van der Waals surface area contributed by atoms with Gasteiger partial charge in [0.1, 0.15) is 5.69 Å². The minimum Gasteiger partial charge on any atom is -0.378 e. The van der Waals surface area contributed by atoms with Crippen molar-refractivity contribution in [2.75, 3.05) is 10.6 Å². The summed E-state index contributed by atoms with van der Waals surface area (Å²) in [6.07, 6.45) is 1.63. The summed E-state index contributed by atoms with van der Waals surface area (Å²) in [5.41, 5.74) is 3.12. The Morgan fingerprint density at radius 1 is 1.00 bits per heavy atom. The van der Waals surface area contributed by atoms with Gasteiger partial charge in [-0.15, -0.1) is 0 Å². The van der Waals surface area contributed by atoms with Crippen LogP contribution >= 0.6 is 15.9 Å². The van der Waals surface area contributed by atoms with E-state index in [0.717, 1.165) is 15.8 Å². The van der Waals surface area contributed by atoms with Gasteiger partial charge in [-0.2, -0.15) is 0 Å². The van der Waals surface area contributed by atoms with Crippen LogP contribution in [0.2, 0.25) is 0 Å². The first-order valence-corrected chi connectivity index (χ1v) is 8.75. The van der Waals surface area contributed by atoms with E-state index in [9.17, 15) is 4.79 Å². The van der Waals surface area contributed by atoms with Crippen molar-refractivity contribution < 1.29 is 4.79 Å². The Morgan fingerprint density at radius 3 is 2.56 bits per heavy atom. The topological polar surface area (TPSA) is 54.0 Å². The van der Waals surface area contributed by atoms with Gasteiger partial charge in [-0.25, -0.2) is 0 Å². The molecule has 3 rings (SSSR count). The van der Waals surface area contributed by atoms with Crippen molar-refractivity contribution >= 4 is 33.2 Å². The molecule has 0 fully saturated rings. The molecule has 25 heavy (non-hydrogen) atoms. The molecule has 2 aromatic carbocycles. The lowest BCUT2D eigenvalue weighted by Gasteiger charge is -2.16. The Balaban J connectivity index is 1.71. The molecule has 0 aliphatic heterocycles. The number of carbonyl (C=O) groups is 1. The van der Waals surface area contributed by atoms with Gasteiger partial charge >= 0.3 is 0 Å².